The van der Waals surface area contributed by atoms with Crippen LogP contribution in [0.1, 0.15) is 5.56 Å². The van der Waals surface area contributed by atoms with Crippen LogP contribution in [0.3, 0.4) is 0 Å². The molecule has 12 heavy (non-hydrogen) atoms. The van der Waals surface area contributed by atoms with Crippen LogP contribution in [0.2, 0.25) is 0 Å². The van der Waals surface area contributed by atoms with E-state index in [4.69, 9.17) is 5.11 Å². The minimum atomic E-state index is -1.28. The SMILES string of the molecule is Cc1ccc(OC(=O)O)cc1.[Y]. The number of carboxylic acid groups (broad SMARTS) is 1. The average molecular weight is 241 g/mol. The normalized spacial score (nSPS) is 8.42. The van der Waals surface area contributed by atoms with Gasteiger partial charge < -0.3 is 9.84 Å². The molecule has 0 amide bonds. The van der Waals surface area contributed by atoms with Gasteiger partial charge in [-0.05, 0) is 19.1 Å². The Hall–Kier alpha value is -0.406. The Kier molecular flexibility index (Phi) is 5.10. The Balaban J connectivity index is 0.00000121. The van der Waals surface area contributed by atoms with Crippen LogP contribution in [0.4, 0.5) is 4.79 Å². The molecule has 1 aromatic carbocycles. The van der Waals surface area contributed by atoms with Crippen molar-refractivity contribution in [3.63, 3.8) is 0 Å². The molecule has 0 fully saturated rings. The topological polar surface area (TPSA) is 46.5 Å². The van der Waals surface area contributed by atoms with Crippen LogP contribution >= 0.6 is 0 Å². The van der Waals surface area contributed by atoms with E-state index in [0.717, 1.165) is 5.56 Å². The van der Waals surface area contributed by atoms with Gasteiger partial charge in [0.1, 0.15) is 5.75 Å². The van der Waals surface area contributed by atoms with E-state index in [0.29, 0.717) is 5.75 Å². The van der Waals surface area contributed by atoms with Crippen LogP contribution in [0.5, 0.6) is 5.75 Å². The summed E-state index contributed by atoms with van der Waals surface area (Å²) >= 11 is 0. The molecule has 0 unspecified atom stereocenters. The molecule has 0 heterocycles. The van der Waals surface area contributed by atoms with E-state index in [-0.39, 0.29) is 32.7 Å². The minimum Gasteiger partial charge on any atom is -0.449 e. The molecule has 1 radical (unpaired) electrons. The fraction of sp³-hybridized carbons (Fsp3) is 0.125. The van der Waals surface area contributed by atoms with E-state index in [9.17, 15) is 4.79 Å². The quantitative estimate of drug-likeness (QED) is 0.604. The third-order valence-corrected chi connectivity index (χ3v) is 1.23. The molecule has 0 spiro atoms. The number of benzene rings is 1. The number of ether oxygens (including phenoxy) is 1. The molecule has 4 heteroatoms. The van der Waals surface area contributed by atoms with Crippen LogP contribution in [-0.4, -0.2) is 11.3 Å². The van der Waals surface area contributed by atoms with Crippen molar-refractivity contribution in [1.29, 1.82) is 0 Å². The molecular weight excluding hydrogens is 233 g/mol. The van der Waals surface area contributed by atoms with Crippen molar-refractivity contribution < 1.29 is 47.3 Å². The smallest absolute Gasteiger partial charge is 0.449 e. The van der Waals surface area contributed by atoms with Crippen molar-refractivity contribution in [3.8, 4) is 5.75 Å². The Labute approximate surface area is 95.6 Å². The van der Waals surface area contributed by atoms with Gasteiger partial charge in [0, 0.05) is 32.7 Å². The summed E-state index contributed by atoms with van der Waals surface area (Å²) in [6.45, 7) is 1.92. The molecule has 1 N–H and O–H groups in total. The molecule has 1 rings (SSSR count). The molecule has 0 aliphatic rings. The summed E-state index contributed by atoms with van der Waals surface area (Å²) < 4.78 is 4.39. The Morgan fingerprint density at radius 1 is 1.33 bits per heavy atom. The van der Waals surface area contributed by atoms with Gasteiger partial charge in [-0.25, -0.2) is 4.79 Å². The van der Waals surface area contributed by atoms with Crippen molar-refractivity contribution in [2.24, 2.45) is 0 Å². The second-order valence-corrected chi connectivity index (χ2v) is 2.18. The van der Waals surface area contributed by atoms with E-state index < -0.39 is 6.16 Å². The largest absolute Gasteiger partial charge is 0.511 e. The van der Waals surface area contributed by atoms with E-state index in [2.05, 4.69) is 4.74 Å². The van der Waals surface area contributed by atoms with Crippen molar-refractivity contribution >= 4 is 6.16 Å². The first-order valence-electron chi connectivity index (χ1n) is 3.16. The Morgan fingerprint density at radius 3 is 2.25 bits per heavy atom. The molecule has 0 aromatic heterocycles. The maximum atomic E-state index is 10.0. The van der Waals surface area contributed by atoms with Crippen LogP contribution in [0, 0.1) is 6.92 Å². The van der Waals surface area contributed by atoms with Crippen LogP contribution in [0.25, 0.3) is 0 Å². The predicted molar refractivity (Wildman–Crippen MR) is 39.8 cm³/mol. The minimum absolute atomic E-state index is 0. The van der Waals surface area contributed by atoms with Crippen LogP contribution in [0.15, 0.2) is 24.3 Å². The van der Waals surface area contributed by atoms with E-state index in [1.807, 2.05) is 6.92 Å². The molecule has 0 aliphatic carbocycles. The molecule has 0 saturated heterocycles. The summed E-state index contributed by atoms with van der Waals surface area (Å²) in [6, 6.07) is 6.81. The zero-order chi connectivity index (χ0) is 8.27. The number of hydrogen-bond acceptors (Lipinski definition) is 2. The van der Waals surface area contributed by atoms with Crippen molar-refractivity contribution in [2.45, 2.75) is 6.92 Å². The third-order valence-electron chi connectivity index (χ3n) is 1.23. The number of rotatable bonds is 1. The van der Waals surface area contributed by atoms with Crippen LogP contribution < -0.4 is 4.74 Å². The van der Waals surface area contributed by atoms with Gasteiger partial charge in [0.25, 0.3) is 0 Å². The summed E-state index contributed by atoms with van der Waals surface area (Å²) in [5.41, 5.74) is 1.07. The second kappa shape index (κ2) is 5.28. The van der Waals surface area contributed by atoms with Gasteiger partial charge in [-0.1, -0.05) is 17.7 Å². The monoisotopic (exact) mass is 241 g/mol. The summed E-state index contributed by atoms with van der Waals surface area (Å²) in [7, 11) is 0. The first kappa shape index (κ1) is 11.6. The molecule has 0 aliphatic heterocycles. The van der Waals surface area contributed by atoms with E-state index in [1.54, 1.807) is 24.3 Å². The summed E-state index contributed by atoms with van der Waals surface area (Å²) in [5, 5.41) is 8.21. The van der Waals surface area contributed by atoms with Crippen molar-refractivity contribution in [1.82, 2.24) is 0 Å². The fourth-order valence-corrected chi connectivity index (χ4v) is 0.707. The molecule has 0 atom stereocenters. The molecule has 0 saturated carbocycles. The molecular formula is C8H8O3Y. The maximum absolute atomic E-state index is 10.0. The summed E-state index contributed by atoms with van der Waals surface area (Å²) in [4.78, 5) is 10.0. The first-order chi connectivity index (χ1) is 5.18. The number of hydrogen-bond donors (Lipinski definition) is 1. The summed E-state index contributed by atoms with van der Waals surface area (Å²) in [5.74, 6) is 0.350. The number of aryl methyl sites for hydroxylation is 1. The average Bonchev–Trinajstić information content (AvgIpc) is 1.93. The zero-order valence-electron chi connectivity index (χ0n) is 6.65. The van der Waals surface area contributed by atoms with Gasteiger partial charge in [0.05, 0.1) is 0 Å². The van der Waals surface area contributed by atoms with Gasteiger partial charge in [-0.3, -0.25) is 0 Å². The standard InChI is InChI=1S/C8H8O3.Y/c1-6-2-4-7(5-3-6)11-8(9)10;/h2-5H,1H3,(H,9,10);. The Morgan fingerprint density at radius 2 is 1.83 bits per heavy atom. The molecule has 1 aromatic rings. The summed E-state index contributed by atoms with van der Waals surface area (Å²) in [6.07, 6.45) is -1.28. The molecule has 3 nitrogen and oxygen atoms in total. The van der Waals surface area contributed by atoms with Gasteiger partial charge in [0.15, 0.2) is 0 Å². The predicted octanol–water partition coefficient (Wildman–Crippen LogP) is 2.05. The third kappa shape index (κ3) is 3.83. The zero-order valence-corrected chi connectivity index (χ0v) is 9.49. The van der Waals surface area contributed by atoms with E-state index in [1.165, 1.54) is 0 Å². The van der Waals surface area contributed by atoms with Gasteiger partial charge in [0.2, 0.25) is 0 Å². The Bertz CT molecular complexity index is 256. The van der Waals surface area contributed by atoms with Gasteiger partial charge in [-0.2, -0.15) is 0 Å². The van der Waals surface area contributed by atoms with Gasteiger partial charge in [-0.15, -0.1) is 0 Å². The van der Waals surface area contributed by atoms with Crippen LogP contribution in [-0.2, 0) is 32.7 Å². The molecule has 61 valence electrons. The second-order valence-electron chi connectivity index (χ2n) is 2.18. The van der Waals surface area contributed by atoms with Crippen molar-refractivity contribution in [2.75, 3.05) is 0 Å². The fourth-order valence-electron chi connectivity index (χ4n) is 0.707. The van der Waals surface area contributed by atoms with E-state index >= 15 is 0 Å². The first-order valence-corrected chi connectivity index (χ1v) is 3.16. The number of carbonyl (C=O) groups is 1. The maximum Gasteiger partial charge on any atom is 0.511 e. The molecule has 0 bridgehead atoms. The van der Waals surface area contributed by atoms with Gasteiger partial charge >= 0.3 is 6.16 Å². The van der Waals surface area contributed by atoms with Crippen molar-refractivity contribution in [3.05, 3.63) is 29.8 Å².